The van der Waals surface area contributed by atoms with E-state index in [-0.39, 0.29) is 17.6 Å². The number of halogens is 1. The number of benzene rings is 2. The minimum Gasteiger partial charge on any atom is -0.497 e. The van der Waals surface area contributed by atoms with Crippen LogP contribution in [0.4, 0.5) is 4.39 Å². The van der Waals surface area contributed by atoms with E-state index in [9.17, 15) is 9.18 Å². The van der Waals surface area contributed by atoms with Crippen LogP contribution in [0.25, 0.3) is 0 Å². The average Bonchev–Trinajstić information content (AvgIpc) is 3.17. The van der Waals surface area contributed by atoms with Crippen molar-refractivity contribution in [3.8, 4) is 5.75 Å². The van der Waals surface area contributed by atoms with E-state index in [4.69, 9.17) is 9.84 Å². The van der Waals surface area contributed by atoms with Gasteiger partial charge in [-0.05, 0) is 47.2 Å². The molecular weight excluding hydrogens is 379 g/mol. The van der Waals surface area contributed by atoms with E-state index >= 15 is 0 Å². The zero-order valence-corrected chi connectivity index (χ0v) is 18.3. The lowest BCUT2D eigenvalue weighted by atomic mass is 9.79. The van der Waals surface area contributed by atoms with Gasteiger partial charge in [-0.25, -0.2) is 4.39 Å². The topological polar surface area (TPSA) is 41.9 Å². The summed E-state index contributed by atoms with van der Waals surface area (Å²) in [6.45, 7) is 7.00. The van der Waals surface area contributed by atoms with Gasteiger partial charge in [-0.3, -0.25) is 9.80 Å². The number of hydrogen-bond donors (Lipinski definition) is 0. The van der Waals surface area contributed by atoms with Crippen molar-refractivity contribution < 1.29 is 13.9 Å². The van der Waals surface area contributed by atoms with Crippen LogP contribution in [-0.2, 0) is 10.2 Å². The van der Waals surface area contributed by atoms with Crippen LogP contribution >= 0.6 is 0 Å². The van der Waals surface area contributed by atoms with Crippen LogP contribution in [0.5, 0.6) is 5.75 Å². The maximum Gasteiger partial charge on any atom is 0.179 e. The van der Waals surface area contributed by atoms with Crippen molar-refractivity contribution in [3.05, 3.63) is 65.5 Å². The fourth-order valence-corrected chi connectivity index (χ4v) is 3.89. The Labute approximate surface area is 178 Å². The molecule has 4 nitrogen and oxygen atoms in total. The molecule has 5 heteroatoms. The Kier molecular flexibility index (Phi) is 6.91. The van der Waals surface area contributed by atoms with Gasteiger partial charge in [0, 0.05) is 19.4 Å². The van der Waals surface area contributed by atoms with Crippen LogP contribution in [0.15, 0.2) is 53.6 Å². The predicted molar refractivity (Wildman–Crippen MR) is 118 cm³/mol. The molecule has 0 bridgehead atoms. The predicted octanol–water partition coefficient (Wildman–Crippen LogP) is 5.67. The third-order valence-electron chi connectivity index (χ3n) is 5.77. The first kappa shape index (κ1) is 22.0. The molecule has 0 aliphatic carbocycles. The summed E-state index contributed by atoms with van der Waals surface area (Å²) in [6, 6.07) is 14.4. The van der Waals surface area contributed by atoms with Gasteiger partial charge in [0.15, 0.2) is 5.78 Å². The molecule has 30 heavy (non-hydrogen) atoms. The number of nitrogens with zero attached hydrogens (tertiary/aromatic N) is 2. The summed E-state index contributed by atoms with van der Waals surface area (Å²) in [5, 5.41) is 6.78. The zero-order valence-electron chi connectivity index (χ0n) is 18.3. The summed E-state index contributed by atoms with van der Waals surface area (Å²) in [5.74, 6) is 0.588. The highest BCUT2D eigenvalue weighted by atomic mass is 19.1. The molecule has 1 unspecified atom stereocenters. The molecule has 0 radical (unpaired) electrons. The van der Waals surface area contributed by atoms with Gasteiger partial charge < -0.3 is 4.74 Å². The number of rotatable bonds is 9. The number of carbonyl (C=O) groups excluding carboxylic acids is 1. The van der Waals surface area contributed by atoms with Crippen LogP contribution in [0.1, 0.15) is 63.6 Å². The Morgan fingerprint density at radius 1 is 1.23 bits per heavy atom. The molecule has 1 aliphatic rings. The van der Waals surface area contributed by atoms with Crippen LogP contribution in [0, 0.1) is 5.82 Å². The Bertz CT molecular complexity index is 906. The lowest BCUT2D eigenvalue weighted by molar-refractivity contribution is -0.114. The number of ketones is 1. The van der Waals surface area contributed by atoms with Gasteiger partial charge in [0.2, 0.25) is 0 Å². The number of methoxy groups -OCH3 is 1. The van der Waals surface area contributed by atoms with E-state index in [0.29, 0.717) is 18.6 Å². The van der Waals surface area contributed by atoms with E-state index in [1.165, 1.54) is 12.1 Å². The Morgan fingerprint density at radius 2 is 1.97 bits per heavy atom. The van der Waals surface area contributed by atoms with E-state index < -0.39 is 5.41 Å². The van der Waals surface area contributed by atoms with Crippen molar-refractivity contribution in [2.45, 2.75) is 57.9 Å². The van der Waals surface area contributed by atoms with Gasteiger partial charge in [-0.2, -0.15) is 5.10 Å². The lowest BCUT2D eigenvalue weighted by Crippen LogP contribution is -2.26. The normalized spacial score (nSPS) is 16.5. The van der Waals surface area contributed by atoms with Crippen LogP contribution < -0.4 is 4.74 Å². The summed E-state index contributed by atoms with van der Waals surface area (Å²) in [6.07, 6.45) is 3.02. The molecular formula is C25H31FN2O2. The molecule has 0 N–H and O–H groups in total. The number of carbonyl (C=O) groups is 1. The summed E-state index contributed by atoms with van der Waals surface area (Å²) < 4.78 is 18.7. The molecule has 2 aromatic rings. The molecule has 160 valence electrons. The van der Waals surface area contributed by atoms with Gasteiger partial charge in [0.1, 0.15) is 17.3 Å². The van der Waals surface area contributed by atoms with Crippen molar-refractivity contribution in [1.82, 2.24) is 5.01 Å². The minimum absolute atomic E-state index is 0.0412. The first-order valence-electron chi connectivity index (χ1n) is 10.6. The third kappa shape index (κ3) is 5.07. The lowest BCUT2D eigenvalue weighted by Gasteiger charge is -2.24. The van der Waals surface area contributed by atoms with Crippen molar-refractivity contribution >= 4 is 11.5 Å². The number of hydrazone groups is 1. The molecule has 3 rings (SSSR count). The highest BCUT2D eigenvalue weighted by molar-refractivity contribution is 6.40. The monoisotopic (exact) mass is 410 g/mol. The first-order valence-corrected chi connectivity index (χ1v) is 10.6. The molecule has 0 fully saturated rings. The second-order valence-corrected chi connectivity index (χ2v) is 8.55. The number of Topliss-reactive ketones (excluding diaryl/α,β-unsaturated/α-hetero) is 1. The maximum atomic E-state index is 13.3. The second-order valence-electron chi connectivity index (χ2n) is 8.55. The standard InChI is InChI=1S/C25H31FN2O2/c1-5-6-14-28-23(18-8-7-9-21(15-18)30-4)16-22(27-28)24(29)17-25(2,3)19-10-12-20(26)13-11-19/h7-13,15,23H,5-6,14,16-17H2,1-4H3. The van der Waals surface area contributed by atoms with Crippen molar-refractivity contribution in [3.63, 3.8) is 0 Å². The van der Waals surface area contributed by atoms with Gasteiger partial charge in [0.05, 0.1) is 13.2 Å². The Morgan fingerprint density at radius 3 is 2.63 bits per heavy atom. The zero-order chi connectivity index (χ0) is 21.7. The number of unbranched alkanes of at least 4 members (excludes halogenated alkanes) is 1. The fourth-order valence-electron chi connectivity index (χ4n) is 3.89. The summed E-state index contributed by atoms with van der Waals surface area (Å²) in [7, 11) is 1.66. The molecule has 0 saturated heterocycles. The SMILES string of the molecule is CCCCN1N=C(C(=O)CC(C)(C)c2ccc(F)cc2)CC1c1cccc(OC)c1. The molecule has 0 spiro atoms. The van der Waals surface area contributed by atoms with Crippen molar-refractivity contribution in [2.75, 3.05) is 13.7 Å². The van der Waals surface area contributed by atoms with Crippen molar-refractivity contribution in [2.24, 2.45) is 5.10 Å². The van der Waals surface area contributed by atoms with Crippen LogP contribution in [0.3, 0.4) is 0 Å². The third-order valence-corrected chi connectivity index (χ3v) is 5.77. The second kappa shape index (κ2) is 9.41. The molecule has 1 aliphatic heterocycles. The van der Waals surface area contributed by atoms with Gasteiger partial charge in [0.25, 0.3) is 0 Å². The van der Waals surface area contributed by atoms with Crippen molar-refractivity contribution in [1.29, 1.82) is 0 Å². The van der Waals surface area contributed by atoms with E-state index in [1.807, 2.05) is 32.0 Å². The van der Waals surface area contributed by atoms with E-state index in [0.717, 1.165) is 36.3 Å². The Hall–Kier alpha value is -2.69. The minimum atomic E-state index is -0.393. The summed E-state index contributed by atoms with van der Waals surface area (Å²) in [4.78, 5) is 13.2. The molecule has 1 atom stereocenters. The van der Waals surface area contributed by atoms with Crippen LogP contribution in [0.2, 0.25) is 0 Å². The highest BCUT2D eigenvalue weighted by Gasteiger charge is 2.34. The smallest absolute Gasteiger partial charge is 0.179 e. The molecule has 0 saturated carbocycles. The average molecular weight is 411 g/mol. The van der Waals surface area contributed by atoms with Gasteiger partial charge in [-0.15, -0.1) is 0 Å². The van der Waals surface area contributed by atoms with E-state index in [1.54, 1.807) is 19.2 Å². The first-order chi connectivity index (χ1) is 14.3. The fraction of sp³-hybridized carbons (Fsp3) is 0.440. The quantitative estimate of drug-likeness (QED) is 0.534. The number of ether oxygens (including phenoxy) is 1. The molecule has 0 aromatic heterocycles. The number of hydrogen-bond acceptors (Lipinski definition) is 4. The molecule has 1 heterocycles. The van der Waals surface area contributed by atoms with Gasteiger partial charge in [-0.1, -0.05) is 51.5 Å². The van der Waals surface area contributed by atoms with Gasteiger partial charge >= 0.3 is 0 Å². The maximum absolute atomic E-state index is 13.3. The van der Waals surface area contributed by atoms with E-state index in [2.05, 4.69) is 18.0 Å². The summed E-state index contributed by atoms with van der Waals surface area (Å²) in [5.41, 5.74) is 2.28. The largest absolute Gasteiger partial charge is 0.497 e. The molecule has 0 amide bonds. The highest BCUT2D eigenvalue weighted by Crippen LogP contribution is 2.35. The molecule has 2 aromatic carbocycles. The van der Waals surface area contributed by atoms with Crippen LogP contribution in [-0.4, -0.2) is 30.2 Å². The Balaban J connectivity index is 1.78. The summed E-state index contributed by atoms with van der Waals surface area (Å²) >= 11 is 0.